The summed E-state index contributed by atoms with van der Waals surface area (Å²) >= 11 is 0. The first-order chi connectivity index (χ1) is 4.66. The number of nitrogens with zero attached hydrogens (tertiary/aromatic N) is 1. The summed E-state index contributed by atoms with van der Waals surface area (Å²) in [5, 5.41) is 0. The topological polar surface area (TPSA) is 21.6 Å². The van der Waals surface area contributed by atoms with Crippen molar-refractivity contribution in [2.45, 2.75) is 26.9 Å². The SMILES string of the molecule is CN=CC(C)COC(C)C. The second kappa shape index (κ2) is 5.42. The normalized spacial score (nSPS) is 14.9. The van der Waals surface area contributed by atoms with Crippen molar-refractivity contribution in [2.75, 3.05) is 13.7 Å². The van der Waals surface area contributed by atoms with Crippen LogP contribution in [0, 0.1) is 5.92 Å². The van der Waals surface area contributed by atoms with E-state index in [0.717, 1.165) is 6.61 Å². The van der Waals surface area contributed by atoms with E-state index in [9.17, 15) is 0 Å². The van der Waals surface area contributed by atoms with Crippen LogP contribution >= 0.6 is 0 Å². The van der Waals surface area contributed by atoms with Crippen LogP contribution < -0.4 is 0 Å². The molecule has 2 nitrogen and oxygen atoms in total. The van der Waals surface area contributed by atoms with Gasteiger partial charge < -0.3 is 9.73 Å². The molecule has 0 aromatic rings. The van der Waals surface area contributed by atoms with Crippen LogP contribution in [0.15, 0.2) is 4.99 Å². The van der Waals surface area contributed by atoms with E-state index < -0.39 is 0 Å². The Bertz CT molecular complexity index is 99.4. The van der Waals surface area contributed by atoms with Crippen LogP contribution in [0.3, 0.4) is 0 Å². The highest BCUT2D eigenvalue weighted by molar-refractivity contribution is 5.59. The Hall–Kier alpha value is -0.370. The standard InChI is InChI=1S/C8H17NO/c1-7(2)10-6-8(3)5-9-4/h5,7-8H,6H2,1-4H3. The highest BCUT2D eigenvalue weighted by Crippen LogP contribution is 1.95. The molecule has 0 aromatic carbocycles. The van der Waals surface area contributed by atoms with Gasteiger partial charge in [0.05, 0.1) is 12.7 Å². The molecule has 0 fully saturated rings. The molecule has 0 aliphatic carbocycles. The fourth-order valence-electron chi connectivity index (χ4n) is 0.642. The molecule has 2 heteroatoms. The smallest absolute Gasteiger partial charge is 0.0544 e. The summed E-state index contributed by atoms with van der Waals surface area (Å²) in [5.74, 6) is 0.437. The van der Waals surface area contributed by atoms with E-state index >= 15 is 0 Å². The lowest BCUT2D eigenvalue weighted by Gasteiger charge is -2.09. The van der Waals surface area contributed by atoms with Crippen LogP contribution in [-0.2, 0) is 4.74 Å². The zero-order chi connectivity index (χ0) is 7.98. The van der Waals surface area contributed by atoms with Crippen LogP contribution in [-0.4, -0.2) is 26.0 Å². The van der Waals surface area contributed by atoms with Gasteiger partial charge in [-0.2, -0.15) is 0 Å². The fraction of sp³-hybridized carbons (Fsp3) is 0.875. The van der Waals surface area contributed by atoms with Crippen molar-refractivity contribution in [1.29, 1.82) is 0 Å². The molecule has 10 heavy (non-hydrogen) atoms. The Kier molecular flexibility index (Phi) is 5.22. The van der Waals surface area contributed by atoms with Crippen molar-refractivity contribution in [1.82, 2.24) is 0 Å². The lowest BCUT2D eigenvalue weighted by atomic mass is 10.2. The molecule has 0 aromatic heterocycles. The third kappa shape index (κ3) is 5.76. The molecule has 0 aliphatic heterocycles. The minimum atomic E-state index is 0.327. The molecular weight excluding hydrogens is 126 g/mol. The van der Waals surface area contributed by atoms with E-state index in [-0.39, 0.29) is 0 Å². The Balaban J connectivity index is 3.30. The Morgan fingerprint density at radius 1 is 1.40 bits per heavy atom. The molecule has 0 radical (unpaired) electrons. The summed E-state index contributed by atoms with van der Waals surface area (Å²) in [5.41, 5.74) is 0. The Morgan fingerprint density at radius 2 is 2.00 bits per heavy atom. The van der Waals surface area contributed by atoms with Gasteiger partial charge in [0, 0.05) is 19.2 Å². The number of aliphatic imine (C=N–C) groups is 1. The summed E-state index contributed by atoms with van der Waals surface area (Å²) in [6, 6.07) is 0. The first kappa shape index (κ1) is 9.63. The predicted molar refractivity (Wildman–Crippen MR) is 44.7 cm³/mol. The third-order valence-corrected chi connectivity index (χ3v) is 1.10. The van der Waals surface area contributed by atoms with Crippen molar-refractivity contribution in [2.24, 2.45) is 10.9 Å². The van der Waals surface area contributed by atoms with Gasteiger partial charge in [0.15, 0.2) is 0 Å². The van der Waals surface area contributed by atoms with Crippen molar-refractivity contribution in [3.05, 3.63) is 0 Å². The van der Waals surface area contributed by atoms with Crippen molar-refractivity contribution in [3.8, 4) is 0 Å². The largest absolute Gasteiger partial charge is 0.378 e. The zero-order valence-electron chi connectivity index (χ0n) is 7.29. The second-order valence-corrected chi connectivity index (χ2v) is 2.77. The molecule has 0 heterocycles. The number of rotatable bonds is 4. The van der Waals surface area contributed by atoms with Crippen LogP contribution in [0.5, 0.6) is 0 Å². The van der Waals surface area contributed by atoms with Gasteiger partial charge in [-0.25, -0.2) is 0 Å². The molecule has 0 aliphatic rings. The summed E-state index contributed by atoms with van der Waals surface area (Å²) in [7, 11) is 1.78. The number of hydrogen-bond acceptors (Lipinski definition) is 2. The first-order valence-corrected chi connectivity index (χ1v) is 3.70. The molecule has 0 rings (SSSR count). The predicted octanol–water partition coefficient (Wildman–Crippen LogP) is 1.75. The van der Waals surface area contributed by atoms with Gasteiger partial charge in [-0.05, 0) is 13.8 Å². The van der Waals surface area contributed by atoms with Gasteiger partial charge in [-0.3, -0.25) is 0 Å². The lowest BCUT2D eigenvalue weighted by molar-refractivity contribution is 0.0690. The average Bonchev–Trinajstić information content (AvgIpc) is 1.85. The molecule has 0 bridgehead atoms. The van der Waals surface area contributed by atoms with E-state index in [1.807, 2.05) is 20.1 Å². The lowest BCUT2D eigenvalue weighted by Crippen LogP contribution is -2.11. The van der Waals surface area contributed by atoms with Crippen molar-refractivity contribution < 1.29 is 4.74 Å². The summed E-state index contributed by atoms with van der Waals surface area (Å²) in [6.45, 7) is 6.94. The van der Waals surface area contributed by atoms with E-state index in [1.54, 1.807) is 7.05 Å². The maximum Gasteiger partial charge on any atom is 0.0544 e. The van der Waals surface area contributed by atoms with Crippen molar-refractivity contribution in [3.63, 3.8) is 0 Å². The van der Waals surface area contributed by atoms with E-state index in [2.05, 4.69) is 11.9 Å². The molecule has 1 atom stereocenters. The van der Waals surface area contributed by atoms with Crippen molar-refractivity contribution >= 4 is 6.21 Å². The van der Waals surface area contributed by atoms with Gasteiger partial charge >= 0.3 is 0 Å². The maximum atomic E-state index is 5.36. The zero-order valence-corrected chi connectivity index (χ0v) is 7.29. The highest BCUT2D eigenvalue weighted by atomic mass is 16.5. The number of ether oxygens (including phenoxy) is 1. The van der Waals surface area contributed by atoms with Gasteiger partial charge in [-0.1, -0.05) is 6.92 Å². The molecule has 1 unspecified atom stereocenters. The van der Waals surface area contributed by atoms with Crippen LogP contribution in [0.1, 0.15) is 20.8 Å². The van der Waals surface area contributed by atoms with Crippen LogP contribution in [0.2, 0.25) is 0 Å². The summed E-state index contributed by atoms with van der Waals surface area (Å²) in [6.07, 6.45) is 2.23. The monoisotopic (exact) mass is 143 g/mol. The van der Waals surface area contributed by atoms with Crippen LogP contribution in [0.25, 0.3) is 0 Å². The Morgan fingerprint density at radius 3 is 2.40 bits per heavy atom. The average molecular weight is 143 g/mol. The summed E-state index contributed by atoms with van der Waals surface area (Å²) < 4.78 is 5.36. The molecule has 0 spiro atoms. The van der Waals surface area contributed by atoms with E-state index in [4.69, 9.17) is 4.74 Å². The van der Waals surface area contributed by atoms with Crippen LogP contribution in [0.4, 0.5) is 0 Å². The number of hydrogen-bond donors (Lipinski definition) is 0. The Labute approximate surface area is 63.3 Å². The molecule has 0 N–H and O–H groups in total. The van der Waals surface area contributed by atoms with Gasteiger partial charge in [-0.15, -0.1) is 0 Å². The molecular formula is C8H17NO. The minimum Gasteiger partial charge on any atom is -0.378 e. The van der Waals surface area contributed by atoms with Gasteiger partial charge in [0.25, 0.3) is 0 Å². The molecule has 0 saturated heterocycles. The van der Waals surface area contributed by atoms with Gasteiger partial charge in [0.2, 0.25) is 0 Å². The highest BCUT2D eigenvalue weighted by Gasteiger charge is 1.98. The molecule has 60 valence electrons. The quantitative estimate of drug-likeness (QED) is 0.549. The minimum absolute atomic E-state index is 0.327. The fourth-order valence-corrected chi connectivity index (χ4v) is 0.642. The van der Waals surface area contributed by atoms with E-state index in [0.29, 0.717) is 12.0 Å². The summed E-state index contributed by atoms with van der Waals surface area (Å²) in [4.78, 5) is 3.91. The maximum absolute atomic E-state index is 5.36. The van der Waals surface area contributed by atoms with E-state index in [1.165, 1.54) is 0 Å². The molecule has 0 saturated carbocycles. The first-order valence-electron chi connectivity index (χ1n) is 3.70. The molecule has 0 amide bonds. The third-order valence-electron chi connectivity index (χ3n) is 1.10. The second-order valence-electron chi connectivity index (χ2n) is 2.77. The van der Waals surface area contributed by atoms with Gasteiger partial charge in [0.1, 0.15) is 0 Å².